The number of aliphatic imine (C=N–C) groups is 1. The second-order valence-corrected chi connectivity index (χ2v) is 8.16. The first kappa shape index (κ1) is 16.9. The number of thiophene rings is 1. The van der Waals surface area contributed by atoms with Crippen LogP contribution in [0.2, 0.25) is 0 Å². The standard InChI is InChI=1S/C18H17BN2O2S2/c19-14-8-15(24-11-14)18-6-7-23-9-13(18)10-25-17(21-18)20-16(22)12-4-2-1-3-5-12/h1-5,8,11,13H,6-7,9-10H2,(H,20,21,22)/t13-,18-/m0/s1. The third-order valence-electron chi connectivity index (χ3n) is 4.65. The predicted molar refractivity (Wildman–Crippen MR) is 104 cm³/mol. The molecule has 1 N–H and O–H groups in total. The zero-order chi connectivity index (χ0) is 17.3. The summed E-state index contributed by atoms with van der Waals surface area (Å²) in [6.07, 6.45) is 0.808. The van der Waals surface area contributed by atoms with Gasteiger partial charge in [-0.05, 0) is 17.5 Å². The Balaban J connectivity index is 1.65. The van der Waals surface area contributed by atoms with E-state index in [-0.39, 0.29) is 11.4 Å². The van der Waals surface area contributed by atoms with Crippen molar-refractivity contribution in [3.05, 3.63) is 52.2 Å². The van der Waals surface area contributed by atoms with Gasteiger partial charge in [-0.1, -0.05) is 41.5 Å². The van der Waals surface area contributed by atoms with Crippen LogP contribution in [0.5, 0.6) is 0 Å². The first-order valence-electron chi connectivity index (χ1n) is 8.19. The molecule has 0 bridgehead atoms. The number of ether oxygens (including phenoxy) is 1. The number of amidine groups is 1. The minimum absolute atomic E-state index is 0.127. The number of nitrogens with one attached hydrogen (secondary N) is 1. The van der Waals surface area contributed by atoms with Crippen molar-refractivity contribution in [1.82, 2.24) is 5.32 Å². The number of amides is 1. The highest BCUT2D eigenvalue weighted by Gasteiger charge is 2.46. The SMILES string of the molecule is [B]c1csc([C@]23CCOC[C@H]2CSC(NC(=O)c2ccccc2)=N3)c1. The molecule has 25 heavy (non-hydrogen) atoms. The molecule has 4 nitrogen and oxygen atoms in total. The number of fused-ring (bicyclic) bond motifs is 1. The molecule has 2 radical (unpaired) electrons. The third-order valence-corrected chi connectivity index (χ3v) is 6.80. The van der Waals surface area contributed by atoms with Gasteiger partial charge >= 0.3 is 0 Å². The average Bonchev–Trinajstić information content (AvgIpc) is 3.09. The topological polar surface area (TPSA) is 50.7 Å². The number of carbonyl (C=O) groups excluding carboxylic acids is 1. The number of hydrogen-bond acceptors (Lipinski definition) is 5. The number of thioether (sulfide) groups is 1. The van der Waals surface area contributed by atoms with Gasteiger partial charge in [0, 0.05) is 35.1 Å². The molecule has 1 aromatic heterocycles. The van der Waals surface area contributed by atoms with Gasteiger partial charge in [0.15, 0.2) is 5.17 Å². The van der Waals surface area contributed by atoms with Gasteiger partial charge in [0.05, 0.1) is 6.61 Å². The van der Waals surface area contributed by atoms with Crippen LogP contribution in [0.25, 0.3) is 0 Å². The normalized spacial score (nSPS) is 25.8. The number of rotatable bonds is 2. The fourth-order valence-corrected chi connectivity index (χ4v) is 5.48. The molecule has 1 saturated heterocycles. The Hall–Kier alpha value is -1.57. The Labute approximate surface area is 156 Å². The molecule has 126 valence electrons. The van der Waals surface area contributed by atoms with E-state index in [1.807, 2.05) is 29.6 Å². The molecule has 1 fully saturated rings. The lowest BCUT2D eigenvalue weighted by atomic mass is 9.79. The van der Waals surface area contributed by atoms with E-state index < -0.39 is 0 Å². The maximum atomic E-state index is 12.5. The summed E-state index contributed by atoms with van der Waals surface area (Å²) in [4.78, 5) is 18.6. The van der Waals surface area contributed by atoms with E-state index in [4.69, 9.17) is 17.6 Å². The quantitative estimate of drug-likeness (QED) is 0.828. The van der Waals surface area contributed by atoms with E-state index in [9.17, 15) is 4.79 Å². The molecule has 0 saturated carbocycles. The Morgan fingerprint density at radius 3 is 2.96 bits per heavy atom. The van der Waals surface area contributed by atoms with Gasteiger partial charge in [-0.2, -0.15) is 0 Å². The van der Waals surface area contributed by atoms with Crippen LogP contribution in [0.4, 0.5) is 0 Å². The van der Waals surface area contributed by atoms with E-state index in [0.717, 1.165) is 22.5 Å². The second kappa shape index (κ2) is 6.98. The van der Waals surface area contributed by atoms with E-state index >= 15 is 0 Å². The Kier molecular flexibility index (Phi) is 4.71. The first-order valence-corrected chi connectivity index (χ1v) is 10.1. The highest BCUT2D eigenvalue weighted by molar-refractivity contribution is 8.13. The Morgan fingerprint density at radius 1 is 1.36 bits per heavy atom. The third kappa shape index (κ3) is 3.28. The maximum Gasteiger partial charge on any atom is 0.257 e. The molecular weight excluding hydrogens is 351 g/mol. The smallest absolute Gasteiger partial charge is 0.257 e. The lowest BCUT2D eigenvalue weighted by Crippen LogP contribution is -2.47. The second-order valence-electron chi connectivity index (χ2n) is 6.24. The fraction of sp³-hybridized carbons (Fsp3) is 0.333. The van der Waals surface area contributed by atoms with Crippen LogP contribution in [0, 0.1) is 5.92 Å². The van der Waals surface area contributed by atoms with E-state index in [2.05, 4.69) is 5.32 Å². The van der Waals surface area contributed by atoms with Gasteiger partial charge in [0.1, 0.15) is 13.4 Å². The van der Waals surface area contributed by atoms with Crippen molar-refractivity contribution in [2.75, 3.05) is 19.0 Å². The van der Waals surface area contributed by atoms with Gasteiger partial charge in [-0.3, -0.25) is 4.79 Å². The number of nitrogens with zero attached hydrogens (tertiary/aromatic N) is 1. The van der Waals surface area contributed by atoms with Gasteiger partial charge < -0.3 is 10.1 Å². The first-order chi connectivity index (χ1) is 12.2. The average molecular weight is 368 g/mol. The van der Waals surface area contributed by atoms with Gasteiger partial charge in [0.25, 0.3) is 5.91 Å². The summed E-state index contributed by atoms with van der Waals surface area (Å²) in [6.45, 7) is 1.36. The van der Waals surface area contributed by atoms with Crippen molar-refractivity contribution in [3.8, 4) is 0 Å². The highest BCUT2D eigenvalue weighted by Crippen LogP contribution is 2.46. The predicted octanol–water partition coefficient (Wildman–Crippen LogP) is 2.31. The van der Waals surface area contributed by atoms with E-state index in [0.29, 0.717) is 29.9 Å². The molecule has 0 unspecified atom stereocenters. The molecule has 2 aromatic rings. The summed E-state index contributed by atoms with van der Waals surface area (Å²) in [7, 11) is 5.95. The summed E-state index contributed by atoms with van der Waals surface area (Å²) in [6, 6.07) is 11.2. The van der Waals surface area contributed by atoms with Crippen molar-refractivity contribution in [2.24, 2.45) is 10.9 Å². The molecular formula is C18H17BN2O2S2. The van der Waals surface area contributed by atoms with E-state index in [1.165, 1.54) is 0 Å². The minimum Gasteiger partial charge on any atom is -0.381 e. The van der Waals surface area contributed by atoms with Gasteiger partial charge in [-0.15, -0.1) is 11.3 Å². The Morgan fingerprint density at radius 2 is 2.20 bits per heavy atom. The zero-order valence-electron chi connectivity index (χ0n) is 13.6. The zero-order valence-corrected chi connectivity index (χ0v) is 15.2. The summed E-state index contributed by atoms with van der Waals surface area (Å²) in [5.74, 6) is 1.03. The molecule has 0 spiro atoms. The lowest BCUT2D eigenvalue weighted by molar-refractivity contribution is 0.0113. The van der Waals surface area contributed by atoms with Crippen LogP contribution in [-0.4, -0.2) is 37.9 Å². The molecule has 7 heteroatoms. The molecule has 1 aromatic carbocycles. The number of carbonyl (C=O) groups is 1. The number of benzene rings is 1. The van der Waals surface area contributed by atoms with Gasteiger partial charge in [-0.25, -0.2) is 4.99 Å². The molecule has 1 amide bonds. The van der Waals surface area contributed by atoms with Crippen LogP contribution in [-0.2, 0) is 10.3 Å². The number of hydrogen-bond donors (Lipinski definition) is 1. The van der Waals surface area contributed by atoms with Crippen LogP contribution in [0.1, 0.15) is 21.7 Å². The van der Waals surface area contributed by atoms with Crippen molar-refractivity contribution >= 4 is 47.5 Å². The summed E-state index contributed by atoms with van der Waals surface area (Å²) >= 11 is 3.22. The maximum absolute atomic E-state index is 12.5. The molecule has 2 atom stereocenters. The molecule has 0 aliphatic carbocycles. The lowest BCUT2D eigenvalue weighted by Gasteiger charge is -2.43. The van der Waals surface area contributed by atoms with Crippen LogP contribution >= 0.6 is 23.1 Å². The van der Waals surface area contributed by atoms with Crippen molar-refractivity contribution in [2.45, 2.75) is 12.0 Å². The van der Waals surface area contributed by atoms with Crippen LogP contribution < -0.4 is 10.8 Å². The van der Waals surface area contributed by atoms with E-state index in [1.54, 1.807) is 35.2 Å². The van der Waals surface area contributed by atoms with Crippen LogP contribution in [0.3, 0.4) is 0 Å². The fourth-order valence-electron chi connectivity index (χ4n) is 3.30. The molecule has 2 aliphatic rings. The van der Waals surface area contributed by atoms with Crippen molar-refractivity contribution < 1.29 is 9.53 Å². The molecule has 4 rings (SSSR count). The summed E-state index contributed by atoms with van der Waals surface area (Å²) < 4.78 is 5.68. The monoisotopic (exact) mass is 368 g/mol. The Bertz CT molecular complexity index is 808. The van der Waals surface area contributed by atoms with Gasteiger partial charge in [0.2, 0.25) is 0 Å². The summed E-state index contributed by atoms with van der Waals surface area (Å²) in [5.41, 5.74) is 1.06. The van der Waals surface area contributed by atoms with Crippen molar-refractivity contribution in [1.29, 1.82) is 0 Å². The summed E-state index contributed by atoms with van der Waals surface area (Å²) in [5, 5.41) is 5.61. The molecule has 2 aliphatic heterocycles. The largest absolute Gasteiger partial charge is 0.381 e. The van der Waals surface area contributed by atoms with Crippen molar-refractivity contribution in [3.63, 3.8) is 0 Å². The highest BCUT2D eigenvalue weighted by atomic mass is 32.2. The minimum atomic E-state index is -0.342. The molecule has 3 heterocycles. The van der Waals surface area contributed by atoms with Crippen LogP contribution in [0.15, 0.2) is 46.8 Å².